The molecule has 0 spiro atoms. The van der Waals surface area contributed by atoms with Crippen LogP contribution in [-0.2, 0) is 11.3 Å². The minimum absolute atomic E-state index is 0.173. The number of urea groups is 1. The molecule has 0 atom stereocenters. The first-order valence-corrected chi connectivity index (χ1v) is 11.1. The summed E-state index contributed by atoms with van der Waals surface area (Å²) in [6, 6.07) is 5.46. The first-order chi connectivity index (χ1) is 16.3. The molecule has 1 aliphatic rings. The molecule has 11 nitrogen and oxygen atoms in total. The van der Waals surface area contributed by atoms with Gasteiger partial charge in [-0.05, 0) is 50.1 Å². The van der Waals surface area contributed by atoms with Crippen LogP contribution < -0.4 is 20.9 Å². The van der Waals surface area contributed by atoms with Gasteiger partial charge in [0.2, 0.25) is 0 Å². The van der Waals surface area contributed by atoms with Gasteiger partial charge in [0.05, 0.1) is 11.4 Å². The Bertz CT molecular complexity index is 991. The summed E-state index contributed by atoms with van der Waals surface area (Å²) in [5, 5.41) is 15.0. The number of hydrogen-bond donors (Lipinski definition) is 4. The second kappa shape index (κ2) is 13.1. The first kappa shape index (κ1) is 26.5. The minimum Gasteiger partial charge on any atom is -0.483 e. The summed E-state index contributed by atoms with van der Waals surface area (Å²) in [7, 11) is 1.61. The van der Waals surface area contributed by atoms with Crippen LogP contribution in [0, 0.1) is 13.8 Å². The van der Waals surface area contributed by atoms with Gasteiger partial charge >= 0.3 is 6.03 Å². The molecule has 3 heterocycles. The lowest BCUT2D eigenvalue weighted by atomic mass is 10.1. The van der Waals surface area contributed by atoms with Crippen LogP contribution in [-0.4, -0.2) is 78.2 Å². The Kier molecular flexibility index (Phi) is 10.2. The van der Waals surface area contributed by atoms with Crippen molar-refractivity contribution in [1.29, 1.82) is 0 Å². The van der Waals surface area contributed by atoms with Crippen molar-refractivity contribution in [2.24, 2.45) is 0 Å². The summed E-state index contributed by atoms with van der Waals surface area (Å²) >= 11 is 0. The van der Waals surface area contributed by atoms with E-state index in [1.54, 1.807) is 19.3 Å². The number of hydrogen-bond acceptors (Lipinski definition) is 7. The molecule has 3 amide bonds. The second-order valence-corrected chi connectivity index (χ2v) is 7.73. The van der Waals surface area contributed by atoms with Crippen LogP contribution in [0.25, 0.3) is 0 Å². The van der Waals surface area contributed by atoms with Gasteiger partial charge in [-0.15, -0.1) is 0 Å². The lowest BCUT2D eigenvalue weighted by Crippen LogP contribution is -2.46. The normalized spacial score (nSPS) is 13.4. The SMILES string of the molecule is CCNC(=O)Nc1cc(CN2CCN(c3ccc(C(=O)NC)nc3C)CC2)c(C)cn1.O=CO. The Labute approximate surface area is 199 Å². The van der Waals surface area contributed by atoms with Gasteiger partial charge in [0.25, 0.3) is 12.4 Å². The molecule has 1 saturated heterocycles. The molecule has 2 aromatic rings. The summed E-state index contributed by atoms with van der Waals surface area (Å²) in [5.74, 6) is 0.385. The molecule has 2 aromatic heterocycles. The number of anilines is 2. The van der Waals surface area contributed by atoms with E-state index >= 15 is 0 Å². The zero-order valence-electron chi connectivity index (χ0n) is 20.1. The van der Waals surface area contributed by atoms with E-state index in [4.69, 9.17) is 9.90 Å². The number of aromatic nitrogens is 2. The average molecular weight is 472 g/mol. The maximum Gasteiger partial charge on any atom is 0.320 e. The lowest BCUT2D eigenvalue weighted by Gasteiger charge is -2.36. The van der Waals surface area contributed by atoms with Gasteiger partial charge in [-0.25, -0.2) is 14.8 Å². The van der Waals surface area contributed by atoms with Crippen molar-refractivity contribution in [2.75, 3.05) is 50.0 Å². The monoisotopic (exact) mass is 471 g/mol. The number of piperazine rings is 1. The molecule has 3 rings (SSSR count). The van der Waals surface area contributed by atoms with E-state index in [0.29, 0.717) is 18.1 Å². The fourth-order valence-electron chi connectivity index (χ4n) is 3.66. The Morgan fingerprint density at radius 3 is 2.44 bits per heavy atom. The van der Waals surface area contributed by atoms with Crippen molar-refractivity contribution >= 4 is 29.9 Å². The molecule has 0 radical (unpaired) electrons. The predicted octanol–water partition coefficient (Wildman–Crippen LogP) is 1.62. The number of carbonyl (C=O) groups is 3. The van der Waals surface area contributed by atoms with E-state index in [1.165, 1.54) is 0 Å². The average Bonchev–Trinajstić information content (AvgIpc) is 2.82. The third kappa shape index (κ3) is 7.41. The molecule has 0 saturated carbocycles. The predicted molar refractivity (Wildman–Crippen MR) is 130 cm³/mol. The van der Waals surface area contributed by atoms with Gasteiger partial charge < -0.3 is 20.6 Å². The Morgan fingerprint density at radius 2 is 1.85 bits per heavy atom. The second-order valence-electron chi connectivity index (χ2n) is 7.73. The highest BCUT2D eigenvalue weighted by Gasteiger charge is 2.20. The Balaban J connectivity index is 0.00000129. The quantitative estimate of drug-likeness (QED) is 0.466. The Morgan fingerprint density at radius 1 is 1.18 bits per heavy atom. The van der Waals surface area contributed by atoms with Crippen LogP contribution in [0.2, 0.25) is 0 Å². The van der Waals surface area contributed by atoms with E-state index in [1.807, 2.05) is 32.9 Å². The van der Waals surface area contributed by atoms with E-state index in [-0.39, 0.29) is 18.4 Å². The number of carbonyl (C=O) groups excluding carboxylic acids is 2. The first-order valence-electron chi connectivity index (χ1n) is 11.1. The summed E-state index contributed by atoms with van der Waals surface area (Å²) in [6.07, 6.45) is 1.80. The van der Waals surface area contributed by atoms with Crippen molar-refractivity contribution in [2.45, 2.75) is 27.3 Å². The molecule has 1 fully saturated rings. The summed E-state index contributed by atoms with van der Waals surface area (Å²) in [4.78, 5) is 45.4. The molecule has 0 bridgehead atoms. The smallest absolute Gasteiger partial charge is 0.320 e. The van der Waals surface area contributed by atoms with Crippen molar-refractivity contribution < 1.29 is 19.5 Å². The van der Waals surface area contributed by atoms with E-state index < -0.39 is 0 Å². The zero-order valence-corrected chi connectivity index (χ0v) is 20.1. The minimum atomic E-state index is -0.250. The van der Waals surface area contributed by atoms with Crippen LogP contribution in [0.5, 0.6) is 0 Å². The van der Waals surface area contributed by atoms with E-state index in [2.05, 4.69) is 35.7 Å². The maximum atomic E-state index is 11.8. The van der Waals surface area contributed by atoms with Gasteiger partial charge in [0.1, 0.15) is 11.5 Å². The third-order valence-electron chi connectivity index (χ3n) is 5.42. The van der Waals surface area contributed by atoms with Crippen molar-refractivity contribution in [3.63, 3.8) is 0 Å². The van der Waals surface area contributed by atoms with Crippen LogP contribution >= 0.6 is 0 Å². The van der Waals surface area contributed by atoms with Gasteiger partial charge in [0, 0.05) is 52.5 Å². The van der Waals surface area contributed by atoms with Crippen LogP contribution in [0.3, 0.4) is 0 Å². The molecule has 11 heteroatoms. The number of carboxylic acid groups (broad SMARTS) is 1. The third-order valence-corrected chi connectivity index (χ3v) is 5.42. The highest BCUT2D eigenvalue weighted by Crippen LogP contribution is 2.22. The van der Waals surface area contributed by atoms with E-state index in [0.717, 1.165) is 55.2 Å². The summed E-state index contributed by atoms with van der Waals surface area (Å²) in [5.41, 5.74) is 4.63. The molecule has 184 valence electrons. The number of nitrogens with zero attached hydrogens (tertiary/aromatic N) is 4. The molecular formula is C23H33N7O4. The van der Waals surface area contributed by atoms with Gasteiger partial charge in [-0.2, -0.15) is 0 Å². The van der Waals surface area contributed by atoms with Crippen LogP contribution in [0.4, 0.5) is 16.3 Å². The summed E-state index contributed by atoms with van der Waals surface area (Å²) < 4.78 is 0. The maximum absolute atomic E-state index is 11.8. The fraction of sp³-hybridized carbons (Fsp3) is 0.435. The van der Waals surface area contributed by atoms with E-state index in [9.17, 15) is 9.59 Å². The van der Waals surface area contributed by atoms with Gasteiger partial charge in [-0.1, -0.05) is 0 Å². The molecule has 1 aliphatic heterocycles. The number of rotatable bonds is 6. The molecular weight excluding hydrogens is 438 g/mol. The van der Waals surface area contributed by atoms with Crippen molar-refractivity contribution in [1.82, 2.24) is 25.5 Å². The molecule has 0 aromatic carbocycles. The fourth-order valence-corrected chi connectivity index (χ4v) is 3.66. The molecule has 4 N–H and O–H groups in total. The highest BCUT2D eigenvalue weighted by molar-refractivity contribution is 5.92. The molecule has 0 unspecified atom stereocenters. The van der Waals surface area contributed by atoms with Crippen LogP contribution in [0.1, 0.15) is 34.2 Å². The number of aryl methyl sites for hydroxylation is 2. The summed E-state index contributed by atoms with van der Waals surface area (Å²) in [6.45, 7) is 10.6. The number of amides is 3. The van der Waals surface area contributed by atoms with Crippen molar-refractivity contribution in [3.05, 3.63) is 46.9 Å². The lowest BCUT2D eigenvalue weighted by molar-refractivity contribution is -0.122. The van der Waals surface area contributed by atoms with Gasteiger partial charge in [0.15, 0.2) is 0 Å². The molecule has 0 aliphatic carbocycles. The highest BCUT2D eigenvalue weighted by atomic mass is 16.3. The number of pyridine rings is 2. The Hall–Kier alpha value is -3.73. The number of nitrogens with one attached hydrogen (secondary N) is 3. The topological polar surface area (TPSA) is 140 Å². The zero-order chi connectivity index (χ0) is 25.1. The standard InChI is InChI=1S/C22H31N7O2.CH2O2/c1-5-24-22(31)27-20-12-17(15(2)13-25-20)14-28-8-10-29(11-9-28)19-7-6-18(21(30)23-4)26-16(19)3;2-1-3/h6-7,12-13H,5,8-11,14H2,1-4H3,(H,23,30)(H2,24,25,27,31);1H,(H,2,3). The largest absolute Gasteiger partial charge is 0.483 e. The van der Waals surface area contributed by atoms with Gasteiger partial charge in [-0.3, -0.25) is 19.8 Å². The van der Waals surface area contributed by atoms with Crippen molar-refractivity contribution in [3.8, 4) is 0 Å². The van der Waals surface area contributed by atoms with Crippen LogP contribution in [0.15, 0.2) is 24.4 Å². The molecule has 34 heavy (non-hydrogen) atoms.